The number of nitrogens with one attached hydrogen (secondary N) is 3. The molecule has 17 heavy (non-hydrogen) atoms. The van der Waals surface area contributed by atoms with E-state index in [-0.39, 0.29) is 11.9 Å². The van der Waals surface area contributed by atoms with Crippen LogP contribution in [0, 0.1) is 0 Å². The van der Waals surface area contributed by atoms with E-state index in [2.05, 4.69) is 16.0 Å². The number of hydrogen-bond donors (Lipinski definition) is 3. The van der Waals surface area contributed by atoms with Gasteiger partial charge in [0.25, 0.3) is 0 Å². The van der Waals surface area contributed by atoms with Gasteiger partial charge in [0, 0.05) is 45.8 Å². The summed E-state index contributed by atoms with van der Waals surface area (Å²) in [6.07, 6.45) is 0. The van der Waals surface area contributed by atoms with Crippen LogP contribution < -0.4 is 16.0 Å². The fraction of sp³-hybridized carbons (Fsp3) is 0.636. The van der Waals surface area contributed by atoms with Gasteiger partial charge in [-0.2, -0.15) is 0 Å². The SMILES string of the molecule is CC(C(=O)NCCNC(=O)N(C)C)=C1CNC1. The van der Waals surface area contributed by atoms with Crippen LogP contribution in [0.2, 0.25) is 0 Å². The van der Waals surface area contributed by atoms with Gasteiger partial charge in [-0.25, -0.2) is 4.79 Å². The minimum atomic E-state index is -0.155. The summed E-state index contributed by atoms with van der Waals surface area (Å²) in [6.45, 7) is 4.30. The minimum absolute atomic E-state index is 0.0550. The van der Waals surface area contributed by atoms with E-state index >= 15 is 0 Å². The molecular weight excluding hydrogens is 220 g/mol. The molecule has 0 aromatic heterocycles. The van der Waals surface area contributed by atoms with E-state index in [1.54, 1.807) is 14.1 Å². The van der Waals surface area contributed by atoms with E-state index in [9.17, 15) is 9.59 Å². The second-order valence-corrected chi connectivity index (χ2v) is 4.21. The predicted molar refractivity (Wildman–Crippen MR) is 65.7 cm³/mol. The zero-order chi connectivity index (χ0) is 12.8. The van der Waals surface area contributed by atoms with Crippen molar-refractivity contribution in [2.45, 2.75) is 6.92 Å². The summed E-state index contributed by atoms with van der Waals surface area (Å²) in [5.74, 6) is -0.0550. The summed E-state index contributed by atoms with van der Waals surface area (Å²) >= 11 is 0. The summed E-state index contributed by atoms with van der Waals surface area (Å²) in [5.41, 5.74) is 1.93. The first-order valence-corrected chi connectivity index (χ1v) is 5.65. The molecule has 6 heteroatoms. The Balaban J connectivity index is 2.19. The van der Waals surface area contributed by atoms with Crippen LogP contribution >= 0.6 is 0 Å². The molecule has 1 aliphatic heterocycles. The van der Waals surface area contributed by atoms with Gasteiger partial charge in [-0.15, -0.1) is 0 Å². The second-order valence-electron chi connectivity index (χ2n) is 4.21. The number of hydrogen-bond acceptors (Lipinski definition) is 3. The van der Waals surface area contributed by atoms with E-state index < -0.39 is 0 Å². The number of carbonyl (C=O) groups excluding carboxylic acids is 2. The van der Waals surface area contributed by atoms with Gasteiger partial charge in [0.2, 0.25) is 5.91 Å². The van der Waals surface area contributed by atoms with Crippen LogP contribution in [0.1, 0.15) is 6.92 Å². The Kier molecular flexibility index (Phi) is 4.96. The van der Waals surface area contributed by atoms with Crippen LogP contribution in [0.4, 0.5) is 4.79 Å². The third-order valence-corrected chi connectivity index (χ3v) is 2.64. The molecule has 0 saturated carbocycles. The van der Waals surface area contributed by atoms with Crippen molar-refractivity contribution in [2.75, 3.05) is 40.3 Å². The van der Waals surface area contributed by atoms with Crippen molar-refractivity contribution in [3.8, 4) is 0 Å². The predicted octanol–water partition coefficient (Wildman–Crippen LogP) is -0.706. The van der Waals surface area contributed by atoms with E-state index in [0.717, 1.165) is 24.2 Å². The van der Waals surface area contributed by atoms with Crippen molar-refractivity contribution in [2.24, 2.45) is 0 Å². The molecule has 0 bridgehead atoms. The number of rotatable bonds is 4. The molecule has 1 heterocycles. The van der Waals surface area contributed by atoms with Crippen LogP contribution in [-0.2, 0) is 4.79 Å². The van der Waals surface area contributed by atoms with E-state index in [1.807, 2.05) is 6.92 Å². The largest absolute Gasteiger partial charge is 0.351 e. The highest BCUT2D eigenvalue weighted by Crippen LogP contribution is 2.08. The Morgan fingerprint density at radius 1 is 1.24 bits per heavy atom. The zero-order valence-corrected chi connectivity index (χ0v) is 10.6. The molecule has 0 spiro atoms. The molecule has 3 N–H and O–H groups in total. The first-order valence-electron chi connectivity index (χ1n) is 5.65. The lowest BCUT2D eigenvalue weighted by Crippen LogP contribution is -2.41. The van der Waals surface area contributed by atoms with Gasteiger partial charge in [-0.3, -0.25) is 4.79 Å². The van der Waals surface area contributed by atoms with Crippen LogP contribution in [0.15, 0.2) is 11.1 Å². The number of carbonyl (C=O) groups is 2. The Bertz CT molecular complexity index is 330. The van der Waals surface area contributed by atoms with Crippen molar-refractivity contribution < 1.29 is 9.59 Å². The monoisotopic (exact) mass is 240 g/mol. The topological polar surface area (TPSA) is 73.5 Å². The number of amides is 3. The lowest BCUT2D eigenvalue weighted by molar-refractivity contribution is -0.117. The molecule has 6 nitrogen and oxygen atoms in total. The minimum Gasteiger partial charge on any atom is -0.351 e. The van der Waals surface area contributed by atoms with Crippen LogP contribution in [0.3, 0.4) is 0 Å². The van der Waals surface area contributed by atoms with Gasteiger partial charge in [-0.1, -0.05) is 0 Å². The van der Waals surface area contributed by atoms with Crippen LogP contribution in [-0.4, -0.2) is 57.1 Å². The summed E-state index contributed by atoms with van der Waals surface area (Å²) in [4.78, 5) is 24.3. The highest BCUT2D eigenvalue weighted by atomic mass is 16.2. The van der Waals surface area contributed by atoms with E-state index in [0.29, 0.717) is 13.1 Å². The van der Waals surface area contributed by atoms with Gasteiger partial charge in [0.1, 0.15) is 0 Å². The first-order chi connectivity index (χ1) is 8.02. The molecule has 0 unspecified atom stereocenters. The normalized spacial score (nSPS) is 13.7. The molecule has 0 radical (unpaired) electrons. The van der Waals surface area contributed by atoms with Crippen molar-refractivity contribution in [1.82, 2.24) is 20.9 Å². The molecule has 0 aliphatic carbocycles. The average molecular weight is 240 g/mol. The molecule has 0 aromatic carbocycles. The van der Waals surface area contributed by atoms with Crippen molar-refractivity contribution >= 4 is 11.9 Å². The lowest BCUT2D eigenvalue weighted by Gasteiger charge is -2.21. The van der Waals surface area contributed by atoms with Gasteiger partial charge in [0.15, 0.2) is 0 Å². The Labute approximate surface area is 101 Å². The lowest BCUT2D eigenvalue weighted by atomic mass is 10.0. The molecule has 1 fully saturated rings. The molecule has 0 aromatic rings. The summed E-state index contributed by atoms with van der Waals surface area (Å²) in [7, 11) is 3.35. The number of urea groups is 1. The van der Waals surface area contributed by atoms with Gasteiger partial charge >= 0.3 is 6.03 Å². The zero-order valence-electron chi connectivity index (χ0n) is 10.6. The Hall–Kier alpha value is -1.56. The fourth-order valence-corrected chi connectivity index (χ4v) is 1.31. The number of nitrogens with zero attached hydrogens (tertiary/aromatic N) is 1. The van der Waals surface area contributed by atoms with Gasteiger partial charge in [0.05, 0.1) is 0 Å². The second kappa shape index (κ2) is 6.24. The Morgan fingerprint density at radius 2 is 1.82 bits per heavy atom. The molecule has 1 aliphatic rings. The third-order valence-electron chi connectivity index (χ3n) is 2.64. The maximum absolute atomic E-state index is 11.6. The molecule has 3 amide bonds. The van der Waals surface area contributed by atoms with Crippen molar-refractivity contribution in [3.05, 3.63) is 11.1 Å². The summed E-state index contributed by atoms with van der Waals surface area (Å²) in [6, 6.07) is -0.155. The van der Waals surface area contributed by atoms with Gasteiger partial charge in [-0.05, 0) is 12.5 Å². The highest BCUT2D eigenvalue weighted by molar-refractivity contribution is 5.94. The van der Waals surface area contributed by atoms with Crippen LogP contribution in [0.5, 0.6) is 0 Å². The molecular formula is C11H20N4O2. The molecule has 1 rings (SSSR count). The quantitative estimate of drug-likeness (QED) is 0.449. The third kappa shape index (κ3) is 4.07. The molecule has 0 atom stereocenters. The fourth-order valence-electron chi connectivity index (χ4n) is 1.31. The molecule has 1 saturated heterocycles. The highest BCUT2D eigenvalue weighted by Gasteiger charge is 2.15. The van der Waals surface area contributed by atoms with Gasteiger partial charge < -0.3 is 20.9 Å². The maximum Gasteiger partial charge on any atom is 0.316 e. The van der Waals surface area contributed by atoms with Crippen LogP contribution in [0.25, 0.3) is 0 Å². The summed E-state index contributed by atoms with van der Waals surface area (Å²) < 4.78 is 0. The van der Waals surface area contributed by atoms with Crippen molar-refractivity contribution in [1.29, 1.82) is 0 Å². The molecule has 96 valence electrons. The first kappa shape index (κ1) is 13.5. The van der Waals surface area contributed by atoms with E-state index in [4.69, 9.17) is 0 Å². The maximum atomic E-state index is 11.6. The Morgan fingerprint density at radius 3 is 2.29 bits per heavy atom. The average Bonchev–Trinajstić information content (AvgIpc) is 2.20. The smallest absolute Gasteiger partial charge is 0.316 e. The van der Waals surface area contributed by atoms with E-state index in [1.165, 1.54) is 4.90 Å². The standard InChI is InChI=1S/C11H20N4O2/c1-8(9-6-12-7-9)10(16)13-4-5-14-11(17)15(2)3/h12H,4-7H2,1-3H3,(H,13,16)(H,14,17). The summed E-state index contributed by atoms with van der Waals surface area (Å²) in [5, 5.41) is 8.54. The van der Waals surface area contributed by atoms with Crippen molar-refractivity contribution in [3.63, 3.8) is 0 Å².